The van der Waals surface area contributed by atoms with Crippen LogP contribution < -0.4 is 5.73 Å². The fourth-order valence-electron chi connectivity index (χ4n) is 1.98. The number of phenolic OH excluding ortho intramolecular Hbond substituents is 1. The Kier molecular flexibility index (Phi) is 2.87. The second-order valence-corrected chi connectivity index (χ2v) is 4.45. The summed E-state index contributed by atoms with van der Waals surface area (Å²) in [4.78, 5) is 0. The third-order valence-corrected chi connectivity index (χ3v) is 3.03. The summed E-state index contributed by atoms with van der Waals surface area (Å²) in [6.45, 7) is 0. The second-order valence-electron chi connectivity index (χ2n) is 4.45. The van der Waals surface area contributed by atoms with Crippen LogP contribution in [0, 0.1) is 5.82 Å². The molecule has 20 heavy (non-hydrogen) atoms. The molecule has 100 valence electrons. The van der Waals surface area contributed by atoms with Crippen molar-refractivity contribution in [2.24, 2.45) is 0 Å². The van der Waals surface area contributed by atoms with E-state index in [2.05, 4.69) is 10.2 Å². The monoisotopic (exact) mass is 269 g/mol. The molecule has 5 heteroatoms. The number of nitrogens with two attached hydrogens (primary N) is 1. The van der Waals surface area contributed by atoms with Crippen LogP contribution in [0.5, 0.6) is 5.75 Å². The number of aromatic hydroxyl groups is 1. The average Bonchev–Trinajstić information content (AvgIpc) is 2.92. The molecule has 0 amide bonds. The van der Waals surface area contributed by atoms with E-state index in [0.717, 1.165) is 11.3 Å². The summed E-state index contributed by atoms with van der Waals surface area (Å²) >= 11 is 0. The summed E-state index contributed by atoms with van der Waals surface area (Å²) < 4.78 is 13.2. The summed E-state index contributed by atoms with van der Waals surface area (Å²) in [6, 6.07) is 12.8. The number of halogens is 1. The lowest BCUT2D eigenvalue weighted by molar-refractivity contribution is 0.475. The van der Waals surface area contributed by atoms with E-state index in [1.807, 2.05) is 12.1 Å². The lowest BCUT2D eigenvalue weighted by atomic mass is 10.1. The van der Waals surface area contributed by atoms with Gasteiger partial charge in [-0.15, -0.1) is 0 Å². The number of nitrogens with one attached hydrogen (secondary N) is 1. The molecule has 3 aromatic rings. The number of hydrogen-bond donors (Lipinski definition) is 3. The van der Waals surface area contributed by atoms with Gasteiger partial charge in [0.1, 0.15) is 11.6 Å². The van der Waals surface area contributed by atoms with Crippen molar-refractivity contribution < 1.29 is 9.50 Å². The molecule has 0 unspecified atom stereocenters. The Labute approximate surface area is 114 Å². The fraction of sp³-hybridized carbons (Fsp3) is 0. The van der Waals surface area contributed by atoms with E-state index in [4.69, 9.17) is 5.73 Å². The average molecular weight is 269 g/mol. The minimum Gasteiger partial charge on any atom is -0.507 e. The molecule has 0 saturated heterocycles. The van der Waals surface area contributed by atoms with E-state index >= 15 is 0 Å². The minimum atomic E-state index is -0.421. The quantitative estimate of drug-likeness (QED) is 0.625. The van der Waals surface area contributed by atoms with Crippen molar-refractivity contribution in [1.82, 2.24) is 10.2 Å². The van der Waals surface area contributed by atoms with Crippen molar-refractivity contribution in [2.75, 3.05) is 5.73 Å². The molecule has 0 fully saturated rings. The Bertz CT molecular complexity index is 750. The third kappa shape index (κ3) is 2.21. The van der Waals surface area contributed by atoms with Crippen LogP contribution in [0.4, 0.5) is 10.1 Å². The summed E-state index contributed by atoms with van der Waals surface area (Å²) in [5.41, 5.74) is 8.82. The minimum absolute atomic E-state index is 0.0123. The smallest absolute Gasteiger partial charge is 0.125 e. The molecule has 2 aromatic carbocycles. The number of rotatable bonds is 2. The predicted molar refractivity (Wildman–Crippen MR) is 75.5 cm³/mol. The maximum Gasteiger partial charge on any atom is 0.125 e. The predicted octanol–water partition coefficient (Wildman–Crippen LogP) is 3.17. The van der Waals surface area contributed by atoms with Crippen LogP contribution in [0.15, 0.2) is 48.5 Å². The highest BCUT2D eigenvalue weighted by Crippen LogP contribution is 2.30. The van der Waals surface area contributed by atoms with Crippen molar-refractivity contribution >= 4 is 5.69 Å². The largest absolute Gasteiger partial charge is 0.507 e. The second kappa shape index (κ2) is 4.70. The Hall–Kier alpha value is -2.82. The van der Waals surface area contributed by atoms with Gasteiger partial charge in [-0.2, -0.15) is 5.10 Å². The van der Waals surface area contributed by atoms with E-state index in [0.29, 0.717) is 16.9 Å². The lowest BCUT2D eigenvalue weighted by Crippen LogP contribution is -1.83. The molecule has 0 spiro atoms. The van der Waals surface area contributed by atoms with Crippen molar-refractivity contribution in [3.05, 3.63) is 54.3 Å². The van der Waals surface area contributed by atoms with Gasteiger partial charge in [-0.05, 0) is 42.0 Å². The van der Waals surface area contributed by atoms with Gasteiger partial charge in [0, 0.05) is 11.3 Å². The van der Waals surface area contributed by atoms with E-state index < -0.39 is 5.82 Å². The van der Waals surface area contributed by atoms with Crippen molar-refractivity contribution in [3.8, 4) is 28.3 Å². The van der Waals surface area contributed by atoms with Crippen LogP contribution >= 0.6 is 0 Å². The maximum atomic E-state index is 13.2. The number of anilines is 1. The molecular formula is C15H12FN3O. The molecular weight excluding hydrogens is 257 g/mol. The van der Waals surface area contributed by atoms with Gasteiger partial charge in [0.15, 0.2) is 0 Å². The first kappa shape index (κ1) is 12.2. The topological polar surface area (TPSA) is 74.9 Å². The zero-order chi connectivity index (χ0) is 14.1. The Morgan fingerprint density at radius 2 is 1.80 bits per heavy atom. The molecule has 0 aliphatic rings. The molecule has 4 nitrogen and oxygen atoms in total. The van der Waals surface area contributed by atoms with Crippen molar-refractivity contribution in [2.45, 2.75) is 0 Å². The van der Waals surface area contributed by atoms with Crippen LogP contribution in [0.25, 0.3) is 22.5 Å². The molecule has 1 heterocycles. The first-order chi connectivity index (χ1) is 9.63. The van der Waals surface area contributed by atoms with Crippen LogP contribution in [0.2, 0.25) is 0 Å². The van der Waals surface area contributed by atoms with Crippen LogP contribution in [-0.2, 0) is 0 Å². The SMILES string of the molecule is Nc1ccc(-c2cc(-c3cc(F)ccc3O)n[nH]2)cc1. The summed E-state index contributed by atoms with van der Waals surface area (Å²) in [6.07, 6.45) is 0. The van der Waals surface area contributed by atoms with Crippen LogP contribution in [0.1, 0.15) is 0 Å². The standard InChI is InChI=1S/C15H12FN3O/c16-10-3-6-15(20)12(7-10)14-8-13(18-19-14)9-1-4-11(17)5-2-9/h1-8,20H,17H2,(H,18,19). The number of aromatic amines is 1. The molecule has 0 aliphatic carbocycles. The number of phenols is 1. The highest BCUT2D eigenvalue weighted by molar-refractivity contribution is 5.72. The summed E-state index contributed by atoms with van der Waals surface area (Å²) in [5, 5.41) is 16.7. The van der Waals surface area contributed by atoms with Gasteiger partial charge in [-0.3, -0.25) is 5.10 Å². The van der Waals surface area contributed by atoms with E-state index in [9.17, 15) is 9.50 Å². The molecule has 0 atom stereocenters. The molecule has 0 aliphatic heterocycles. The maximum absolute atomic E-state index is 13.2. The molecule has 0 radical (unpaired) electrons. The molecule has 4 N–H and O–H groups in total. The van der Waals surface area contributed by atoms with Gasteiger partial charge < -0.3 is 10.8 Å². The van der Waals surface area contributed by atoms with Crippen molar-refractivity contribution in [3.63, 3.8) is 0 Å². The van der Waals surface area contributed by atoms with Gasteiger partial charge in [0.25, 0.3) is 0 Å². The molecule has 1 aromatic heterocycles. The fourth-order valence-corrected chi connectivity index (χ4v) is 1.98. The zero-order valence-corrected chi connectivity index (χ0v) is 10.5. The number of aromatic nitrogens is 2. The van der Waals surface area contributed by atoms with Gasteiger partial charge >= 0.3 is 0 Å². The Morgan fingerprint density at radius 3 is 2.55 bits per heavy atom. The molecule has 0 saturated carbocycles. The van der Waals surface area contributed by atoms with Gasteiger partial charge in [0.05, 0.1) is 11.4 Å². The Morgan fingerprint density at radius 1 is 1.05 bits per heavy atom. The number of nitrogen functional groups attached to an aromatic ring is 1. The van der Waals surface area contributed by atoms with Crippen molar-refractivity contribution in [1.29, 1.82) is 0 Å². The first-order valence-corrected chi connectivity index (χ1v) is 6.04. The Balaban J connectivity index is 2.01. The number of hydrogen-bond acceptors (Lipinski definition) is 3. The summed E-state index contributed by atoms with van der Waals surface area (Å²) in [5.74, 6) is -0.434. The molecule has 3 rings (SSSR count). The zero-order valence-electron chi connectivity index (χ0n) is 10.5. The highest BCUT2D eigenvalue weighted by atomic mass is 19.1. The van der Waals surface area contributed by atoms with Gasteiger partial charge in [-0.25, -0.2) is 4.39 Å². The number of H-pyrrole nitrogens is 1. The number of nitrogens with zero attached hydrogens (tertiary/aromatic N) is 1. The van der Waals surface area contributed by atoms with E-state index in [-0.39, 0.29) is 5.75 Å². The van der Waals surface area contributed by atoms with Gasteiger partial charge in [0.2, 0.25) is 0 Å². The number of benzene rings is 2. The van der Waals surface area contributed by atoms with Crippen LogP contribution in [-0.4, -0.2) is 15.3 Å². The van der Waals surface area contributed by atoms with Crippen LogP contribution in [0.3, 0.4) is 0 Å². The van der Waals surface area contributed by atoms with E-state index in [1.54, 1.807) is 18.2 Å². The summed E-state index contributed by atoms with van der Waals surface area (Å²) in [7, 11) is 0. The third-order valence-electron chi connectivity index (χ3n) is 3.03. The highest BCUT2D eigenvalue weighted by Gasteiger charge is 2.10. The van der Waals surface area contributed by atoms with Gasteiger partial charge in [-0.1, -0.05) is 12.1 Å². The molecule has 0 bridgehead atoms. The van der Waals surface area contributed by atoms with E-state index in [1.165, 1.54) is 18.2 Å². The normalized spacial score (nSPS) is 10.7. The first-order valence-electron chi connectivity index (χ1n) is 6.04. The lowest BCUT2D eigenvalue weighted by Gasteiger charge is -2.00.